The maximum atomic E-state index is 8.48. The van der Waals surface area contributed by atoms with Crippen LogP contribution in [0.1, 0.15) is 5.56 Å². The minimum absolute atomic E-state index is 0.0643. The third kappa shape index (κ3) is 2.43. The lowest BCUT2D eigenvalue weighted by Crippen LogP contribution is -1.83. The largest absolute Gasteiger partial charge is 0.399 e. The van der Waals surface area contributed by atoms with Crippen molar-refractivity contribution >= 4 is 11.8 Å². The summed E-state index contributed by atoms with van der Waals surface area (Å²) in [7, 11) is 0. The smallest absolute Gasteiger partial charge is 0.0615 e. The third-order valence-electron chi connectivity index (χ3n) is 1.33. The van der Waals surface area contributed by atoms with E-state index in [1.807, 2.05) is 30.3 Å². The molecule has 2 nitrogen and oxygen atoms in total. The van der Waals surface area contributed by atoms with Crippen molar-refractivity contribution < 1.29 is 5.11 Å². The minimum atomic E-state index is 0.0643. The molecule has 0 aliphatic carbocycles. The van der Waals surface area contributed by atoms with Gasteiger partial charge in [0.1, 0.15) is 0 Å². The molecule has 2 heteroatoms. The molecule has 11 heavy (non-hydrogen) atoms. The van der Waals surface area contributed by atoms with Gasteiger partial charge >= 0.3 is 0 Å². The molecule has 0 aromatic heterocycles. The fourth-order valence-corrected chi connectivity index (χ4v) is 0.851. The number of rotatable bonds is 2. The molecule has 0 fully saturated rings. The first-order valence-corrected chi connectivity index (χ1v) is 3.46. The number of nitrogens with two attached hydrogens (primary N) is 1. The van der Waals surface area contributed by atoms with Crippen molar-refractivity contribution in [2.75, 3.05) is 12.3 Å². The van der Waals surface area contributed by atoms with Crippen LogP contribution in [-0.4, -0.2) is 11.7 Å². The second-order valence-corrected chi connectivity index (χ2v) is 2.26. The van der Waals surface area contributed by atoms with Crippen LogP contribution in [0, 0.1) is 0 Å². The van der Waals surface area contributed by atoms with Gasteiger partial charge in [-0.25, -0.2) is 0 Å². The van der Waals surface area contributed by atoms with Crippen LogP contribution in [0.3, 0.4) is 0 Å². The van der Waals surface area contributed by atoms with Crippen molar-refractivity contribution in [1.29, 1.82) is 0 Å². The van der Waals surface area contributed by atoms with Crippen LogP contribution in [0.15, 0.2) is 30.3 Å². The molecule has 0 amide bonds. The Labute approximate surface area is 66.0 Å². The van der Waals surface area contributed by atoms with Crippen LogP contribution in [0.5, 0.6) is 0 Å². The van der Waals surface area contributed by atoms with Crippen molar-refractivity contribution in [3.63, 3.8) is 0 Å². The molecule has 3 N–H and O–H groups in total. The Morgan fingerprint density at radius 3 is 2.91 bits per heavy atom. The lowest BCUT2D eigenvalue weighted by atomic mass is 10.2. The molecule has 0 radical (unpaired) electrons. The molecule has 1 rings (SSSR count). The average molecular weight is 149 g/mol. The molecule has 0 atom stereocenters. The van der Waals surface area contributed by atoms with Crippen LogP contribution in [0.2, 0.25) is 0 Å². The standard InChI is InChI=1S/C9H11NO/c10-9-5-1-3-8(7-9)4-2-6-11/h1-5,7,11H,6,10H2. The van der Waals surface area contributed by atoms with Gasteiger partial charge in [0.05, 0.1) is 6.61 Å². The highest BCUT2D eigenvalue weighted by Gasteiger charge is 1.85. The molecular weight excluding hydrogens is 138 g/mol. The van der Waals surface area contributed by atoms with Gasteiger partial charge in [0, 0.05) is 5.69 Å². The summed E-state index contributed by atoms with van der Waals surface area (Å²) in [5, 5.41) is 8.48. The summed E-state index contributed by atoms with van der Waals surface area (Å²) in [4.78, 5) is 0. The first kappa shape index (κ1) is 7.82. The van der Waals surface area contributed by atoms with Crippen LogP contribution in [0.4, 0.5) is 5.69 Å². The van der Waals surface area contributed by atoms with Crippen molar-refractivity contribution in [2.45, 2.75) is 0 Å². The van der Waals surface area contributed by atoms with Crippen LogP contribution >= 0.6 is 0 Å². The summed E-state index contributed by atoms with van der Waals surface area (Å²) in [6, 6.07) is 7.50. The van der Waals surface area contributed by atoms with E-state index in [1.54, 1.807) is 6.08 Å². The number of benzene rings is 1. The van der Waals surface area contributed by atoms with Crippen molar-refractivity contribution in [3.05, 3.63) is 35.9 Å². The highest BCUT2D eigenvalue weighted by Crippen LogP contribution is 2.07. The van der Waals surface area contributed by atoms with E-state index in [1.165, 1.54) is 0 Å². The van der Waals surface area contributed by atoms with Gasteiger partial charge in [0.25, 0.3) is 0 Å². The first-order chi connectivity index (χ1) is 5.33. The molecule has 0 heterocycles. The molecule has 0 bridgehead atoms. The number of aliphatic hydroxyl groups is 1. The summed E-state index contributed by atoms with van der Waals surface area (Å²) in [6.07, 6.45) is 3.51. The Hall–Kier alpha value is -1.28. The van der Waals surface area contributed by atoms with Crippen molar-refractivity contribution in [1.82, 2.24) is 0 Å². The fourth-order valence-electron chi connectivity index (χ4n) is 0.851. The predicted octanol–water partition coefficient (Wildman–Crippen LogP) is 1.27. The molecule has 0 unspecified atom stereocenters. The summed E-state index contributed by atoms with van der Waals surface area (Å²) in [5.74, 6) is 0. The maximum absolute atomic E-state index is 8.48. The van der Waals surface area contributed by atoms with Gasteiger partial charge in [0.15, 0.2) is 0 Å². The maximum Gasteiger partial charge on any atom is 0.0615 e. The lowest BCUT2D eigenvalue weighted by Gasteiger charge is -1.94. The van der Waals surface area contributed by atoms with E-state index in [9.17, 15) is 0 Å². The zero-order valence-electron chi connectivity index (χ0n) is 6.20. The number of hydrogen-bond acceptors (Lipinski definition) is 2. The quantitative estimate of drug-likeness (QED) is 0.622. The Bertz CT molecular complexity index is 255. The zero-order valence-corrected chi connectivity index (χ0v) is 6.20. The van der Waals surface area contributed by atoms with E-state index in [2.05, 4.69) is 0 Å². The number of hydrogen-bond donors (Lipinski definition) is 2. The average Bonchev–Trinajstić information content (AvgIpc) is 2.01. The van der Waals surface area contributed by atoms with Crippen molar-refractivity contribution in [2.24, 2.45) is 0 Å². The normalized spacial score (nSPS) is 10.6. The molecule has 0 saturated heterocycles. The molecule has 1 aromatic carbocycles. The van der Waals surface area contributed by atoms with Gasteiger partial charge in [-0.2, -0.15) is 0 Å². The SMILES string of the molecule is Nc1cccc(C=CCO)c1. The monoisotopic (exact) mass is 149 g/mol. The van der Waals surface area contributed by atoms with E-state index in [4.69, 9.17) is 10.8 Å². The molecular formula is C9H11NO. The van der Waals surface area contributed by atoms with Gasteiger partial charge in [-0.1, -0.05) is 24.3 Å². The Morgan fingerprint density at radius 2 is 2.27 bits per heavy atom. The Kier molecular flexibility index (Phi) is 2.69. The molecule has 0 spiro atoms. The van der Waals surface area contributed by atoms with E-state index in [0.29, 0.717) is 0 Å². The lowest BCUT2D eigenvalue weighted by molar-refractivity contribution is 0.343. The van der Waals surface area contributed by atoms with Gasteiger partial charge in [0.2, 0.25) is 0 Å². The zero-order chi connectivity index (χ0) is 8.10. The summed E-state index contributed by atoms with van der Waals surface area (Å²) in [5.41, 5.74) is 7.29. The molecule has 0 aliphatic rings. The van der Waals surface area contributed by atoms with Gasteiger partial charge < -0.3 is 10.8 Å². The van der Waals surface area contributed by atoms with Gasteiger partial charge in [-0.05, 0) is 17.7 Å². The second kappa shape index (κ2) is 3.78. The van der Waals surface area contributed by atoms with E-state index in [-0.39, 0.29) is 6.61 Å². The Morgan fingerprint density at radius 1 is 1.45 bits per heavy atom. The summed E-state index contributed by atoms with van der Waals surface area (Å²) in [6.45, 7) is 0.0643. The molecule has 0 aliphatic heterocycles. The molecule has 58 valence electrons. The highest BCUT2D eigenvalue weighted by atomic mass is 16.2. The van der Waals surface area contributed by atoms with Crippen molar-refractivity contribution in [3.8, 4) is 0 Å². The predicted molar refractivity (Wildman–Crippen MR) is 47.0 cm³/mol. The highest BCUT2D eigenvalue weighted by molar-refractivity contribution is 5.55. The second-order valence-electron chi connectivity index (χ2n) is 2.26. The van der Waals surface area contributed by atoms with Gasteiger partial charge in [-0.15, -0.1) is 0 Å². The third-order valence-corrected chi connectivity index (χ3v) is 1.33. The molecule has 0 saturated carbocycles. The summed E-state index contributed by atoms with van der Waals surface area (Å²) >= 11 is 0. The van der Waals surface area contributed by atoms with Crippen LogP contribution in [0.25, 0.3) is 6.08 Å². The number of aliphatic hydroxyl groups excluding tert-OH is 1. The van der Waals surface area contributed by atoms with Crippen LogP contribution < -0.4 is 5.73 Å². The van der Waals surface area contributed by atoms with E-state index >= 15 is 0 Å². The van der Waals surface area contributed by atoms with Gasteiger partial charge in [-0.3, -0.25) is 0 Å². The number of nitrogen functional groups attached to an aromatic ring is 1. The molecule has 1 aromatic rings. The number of anilines is 1. The first-order valence-electron chi connectivity index (χ1n) is 3.46. The van der Waals surface area contributed by atoms with E-state index < -0.39 is 0 Å². The minimum Gasteiger partial charge on any atom is -0.399 e. The fraction of sp³-hybridized carbons (Fsp3) is 0.111. The van der Waals surface area contributed by atoms with Crippen LogP contribution in [-0.2, 0) is 0 Å². The summed E-state index contributed by atoms with van der Waals surface area (Å²) < 4.78 is 0. The van der Waals surface area contributed by atoms with E-state index in [0.717, 1.165) is 11.3 Å². The Balaban J connectivity index is 2.79. The topological polar surface area (TPSA) is 46.2 Å².